The lowest BCUT2D eigenvalue weighted by Crippen LogP contribution is -2.49. The second-order valence-corrected chi connectivity index (χ2v) is 9.64. The molecule has 7 rings (SSSR count). The van der Waals surface area contributed by atoms with Crippen LogP contribution >= 0.6 is 11.5 Å². The van der Waals surface area contributed by atoms with Crippen LogP contribution in [0.4, 0.5) is 0 Å². The molecule has 32 heavy (non-hydrogen) atoms. The summed E-state index contributed by atoms with van der Waals surface area (Å²) in [7, 11) is 0. The van der Waals surface area contributed by atoms with Gasteiger partial charge in [0.05, 0.1) is 5.41 Å². The first-order valence-corrected chi connectivity index (χ1v) is 11.8. The first-order chi connectivity index (χ1) is 15.6. The zero-order chi connectivity index (χ0) is 21.7. The van der Waals surface area contributed by atoms with Gasteiger partial charge in [-0.25, -0.2) is 0 Å². The maximum Gasteiger partial charge on any atom is 0.227 e. The first-order valence-electron chi connectivity index (χ1n) is 11.0. The van der Waals surface area contributed by atoms with E-state index < -0.39 is 5.41 Å². The van der Waals surface area contributed by atoms with Gasteiger partial charge in [-0.15, -0.1) is 5.10 Å². The standard InChI is InChI=1S/C27H23N3OS/c1-27(26(31)28-15-17-10-12-18(13-11-17)24-16-32-30-29-24)14-23-19-6-2-4-8-21(19)25(27)22-9-5-3-7-20(22)23/h2-13,16,23,25H,14-15H2,1H3,(H,28,31). The zero-order valence-corrected chi connectivity index (χ0v) is 18.6. The number of nitrogens with one attached hydrogen (secondary N) is 1. The molecule has 0 saturated carbocycles. The van der Waals surface area contributed by atoms with Crippen LogP contribution in [-0.2, 0) is 11.3 Å². The van der Waals surface area contributed by atoms with Gasteiger partial charge in [0, 0.05) is 29.3 Å². The Morgan fingerprint density at radius 1 is 0.969 bits per heavy atom. The maximum absolute atomic E-state index is 13.6. The van der Waals surface area contributed by atoms with Crippen molar-refractivity contribution in [2.45, 2.75) is 31.7 Å². The van der Waals surface area contributed by atoms with Gasteiger partial charge in [0.15, 0.2) is 0 Å². The molecular weight excluding hydrogens is 414 g/mol. The minimum Gasteiger partial charge on any atom is -0.352 e. The van der Waals surface area contributed by atoms with Gasteiger partial charge in [-0.1, -0.05) is 77.3 Å². The third kappa shape index (κ3) is 2.92. The third-order valence-corrected chi connectivity index (χ3v) is 7.72. The number of rotatable bonds is 4. The number of benzene rings is 3. The van der Waals surface area contributed by atoms with Gasteiger partial charge in [0.25, 0.3) is 0 Å². The Morgan fingerprint density at radius 3 is 2.19 bits per heavy atom. The molecule has 0 radical (unpaired) electrons. The van der Waals surface area contributed by atoms with Gasteiger partial charge in [0.1, 0.15) is 5.69 Å². The fourth-order valence-corrected chi connectivity index (χ4v) is 6.12. The summed E-state index contributed by atoms with van der Waals surface area (Å²) in [4.78, 5) is 13.6. The molecule has 3 aliphatic rings. The van der Waals surface area contributed by atoms with E-state index in [1.807, 2.05) is 17.5 Å². The number of hydrogen-bond acceptors (Lipinski definition) is 4. The molecule has 0 saturated heterocycles. The molecule has 3 aliphatic carbocycles. The van der Waals surface area contributed by atoms with Crippen LogP contribution < -0.4 is 5.32 Å². The number of amides is 1. The van der Waals surface area contributed by atoms with Gasteiger partial charge >= 0.3 is 0 Å². The van der Waals surface area contributed by atoms with E-state index in [0.717, 1.165) is 23.2 Å². The number of carbonyl (C=O) groups is 1. The second-order valence-electron chi connectivity index (χ2n) is 9.03. The molecule has 1 aromatic heterocycles. The van der Waals surface area contributed by atoms with E-state index in [-0.39, 0.29) is 17.7 Å². The maximum atomic E-state index is 13.6. The summed E-state index contributed by atoms with van der Waals surface area (Å²) in [6.07, 6.45) is 0.841. The van der Waals surface area contributed by atoms with Crippen LogP contribution in [0.15, 0.2) is 78.2 Å². The average Bonchev–Trinajstić information content (AvgIpc) is 3.38. The molecule has 4 aromatic rings. The Balaban J connectivity index is 1.27. The van der Waals surface area contributed by atoms with Crippen LogP contribution in [-0.4, -0.2) is 15.5 Å². The quantitative estimate of drug-likeness (QED) is 0.458. The smallest absolute Gasteiger partial charge is 0.227 e. The fraction of sp³-hybridized carbons (Fsp3) is 0.222. The second kappa shape index (κ2) is 7.38. The molecule has 0 fully saturated rings. The van der Waals surface area contributed by atoms with E-state index in [4.69, 9.17) is 0 Å². The van der Waals surface area contributed by atoms with Crippen molar-refractivity contribution in [3.8, 4) is 11.3 Å². The summed E-state index contributed by atoms with van der Waals surface area (Å²) >= 11 is 1.35. The third-order valence-electron chi connectivity index (χ3n) is 7.21. The SMILES string of the molecule is CC1(C(=O)NCc2ccc(-c3csnn3)cc2)CC2c3ccccc3C1c1ccccc12. The van der Waals surface area contributed by atoms with Crippen molar-refractivity contribution in [3.63, 3.8) is 0 Å². The zero-order valence-electron chi connectivity index (χ0n) is 17.8. The Morgan fingerprint density at radius 2 is 1.59 bits per heavy atom. The van der Waals surface area contributed by atoms with Crippen LogP contribution in [0.25, 0.3) is 11.3 Å². The number of hydrogen-bond donors (Lipinski definition) is 1. The summed E-state index contributed by atoms with van der Waals surface area (Å²) in [5.74, 6) is 0.484. The summed E-state index contributed by atoms with van der Waals surface area (Å²) in [6.45, 7) is 2.66. The molecule has 0 aliphatic heterocycles. The number of nitrogens with zero attached hydrogens (tertiary/aromatic N) is 2. The highest BCUT2D eigenvalue weighted by molar-refractivity contribution is 7.03. The molecule has 2 bridgehead atoms. The minimum absolute atomic E-state index is 0.0828. The van der Waals surface area contributed by atoms with Crippen LogP contribution in [0.3, 0.4) is 0 Å². The van der Waals surface area contributed by atoms with Gasteiger partial charge in [-0.2, -0.15) is 0 Å². The van der Waals surface area contributed by atoms with Crippen LogP contribution in [0.5, 0.6) is 0 Å². The lowest BCUT2D eigenvalue weighted by Gasteiger charge is -2.50. The van der Waals surface area contributed by atoms with E-state index in [9.17, 15) is 4.79 Å². The first kappa shape index (κ1) is 19.4. The van der Waals surface area contributed by atoms with E-state index in [0.29, 0.717) is 6.54 Å². The van der Waals surface area contributed by atoms with Gasteiger partial charge in [0.2, 0.25) is 5.91 Å². The monoisotopic (exact) mass is 437 g/mol. The van der Waals surface area contributed by atoms with Crippen molar-refractivity contribution in [1.82, 2.24) is 14.9 Å². The molecule has 1 N–H and O–H groups in total. The van der Waals surface area contributed by atoms with Crippen LogP contribution in [0.1, 0.15) is 53.0 Å². The van der Waals surface area contributed by atoms with Crippen molar-refractivity contribution < 1.29 is 4.79 Å². The number of aromatic nitrogens is 2. The van der Waals surface area contributed by atoms with Crippen molar-refractivity contribution >= 4 is 17.4 Å². The van der Waals surface area contributed by atoms with Gasteiger partial charge < -0.3 is 5.32 Å². The van der Waals surface area contributed by atoms with Gasteiger partial charge in [-0.05, 0) is 52.7 Å². The number of carbonyl (C=O) groups excluding carboxylic acids is 1. The molecule has 158 valence electrons. The predicted octanol–water partition coefficient (Wildman–Crippen LogP) is 5.51. The van der Waals surface area contributed by atoms with Crippen molar-refractivity contribution in [2.75, 3.05) is 0 Å². The molecule has 4 nitrogen and oxygen atoms in total. The molecule has 1 unspecified atom stereocenters. The molecule has 0 spiro atoms. The molecule has 1 amide bonds. The predicted molar refractivity (Wildman–Crippen MR) is 126 cm³/mol. The lowest BCUT2D eigenvalue weighted by molar-refractivity contribution is -0.132. The van der Waals surface area contributed by atoms with E-state index in [1.165, 1.54) is 33.8 Å². The molecule has 3 aromatic carbocycles. The topological polar surface area (TPSA) is 54.9 Å². The van der Waals surface area contributed by atoms with E-state index in [1.54, 1.807) is 0 Å². The van der Waals surface area contributed by atoms with Crippen molar-refractivity contribution in [2.24, 2.45) is 5.41 Å². The highest BCUT2D eigenvalue weighted by Gasteiger charge is 2.53. The summed E-state index contributed by atoms with van der Waals surface area (Å²) < 4.78 is 3.93. The number of fused-ring (bicyclic) bond motifs is 1. The normalized spacial score (nSPS) is 22.8. The summed E-state index contributed by atoms with van der Waals surface area (Å²) in [5.41, 5.74) is 7.91. The highest BCUT2D eigenvalue weighted by atomic mass is 32.1. The molecule has 1 atom stereocenters. The minimum atomic E-state index is -0.473. The lowest BCUT2D eigenvalue weighted by atomic mass is 9.52. The Labute approximate surface area is 191 Å². The van der Waals surface area contributed by atoms with Crippen LogP contribution in [0, 0.1) is 5.41 Å². The molecular formula is C27H23N3OS. The molecule has 1 heterocycles. The largest absolute Gasteiger partial charge is 0.352 e. The van der Waals surface area contributed by atoms with E-state index in [2.05, 4.69) is 82.5 Å². The summed E-state index contributed by atoms with van der Waals surface area (Å²) in [5, 5.41) is 9.30. The average molecular weight is 438 g/mol. The Hall–Kier alpha value is -3.31. The highest BCUT2D eigenvalue weighted by Crippen LogP contribution is 2.60. The Bertz CT molecular complexity index is 1250. The molecule has 5 heteroatoms. The van der Waals surface area contributed by atoms with Crippen LogP contribution in [0.2, 0.25) is 0 Å². The van der Waals surface area contributed by atoms with Gasteiger partial charge in [-0.3, -0.25) is 4.79 Å². The fourth-order valence-electron chi connectivity index (χ4n) is 5.66. The van der Waals surface area contributed by atoms with E-state index >= 15 is 0 Å². The summed E-state index contributed by atoms with van der Waals surface area (Å²) in [6, 6.07) is 25.5. The van der Waals surface area contributed by atoms with Crippen molar-refractivity contribution in [1.29, 1.82) is 0 Å². The Kier molecular flexibility index (Phi) is 4.47. The van der Waals surface area contributed by atoms with Crippen molar-refractivity contribution in [3.05, 3.63) is 106 Å².